The first-order valence-corrected chi connectivity index (χ1v) is 9.36. The van der Waals surface area contributed by atoms with Crippen molar-refractivity contribution in [3.05, 3.63) is 52.4 Å². The lowest BCUT2D eigenvalue weighted by atomic mass is 10.3. The van der Waals surface area contributed by atoms with Crippen LogP contribution in [0.3, 0.4) is 0 Å². The van der Waals surface area contributed by atoms with Crippen molar-refractivity contribution in [1.82, 2.24) is 9.21 Å². The number of piperazine rings is 1. The van der Waals surface area contributed by atoms with Gasteiger partial charge in [0.05, 0.1) is 11.2 Å². The quantitative estimate of drug-likeness (QED) is 0.810. The first-order valence-electron chi connectivity index (χ1n) is 7.17. The van der Waals surface area contributed by atoms with Gasteiger partial charge in [0.25, 0.3) is 5.91 Å². The van der Waals surface area contributed by atoms with Gasteiger partial charge in [0.1, 0.15) is 0 Å². The minimum Gasteiger partial charge on any atom is -0.459 e. The highest BCUT2D eigenvalue weighted by Crippen LogP contribution is 2.25. The van der Waals surface area contributed by atoms with Crippen molar-refractivity contribution in [2.45, 2.75) is 4.90 Å². The Morgan fingerprint density at radius 1 is 1.04 bits per heavy atom. The molecular weight excluding hydrogens is 375 g/mol. The maximum Gasteiger partial charge on any atom is 0.289 e. The second-order valence-electron chi connectivity index (χ2n) is 5.28. The lowest BCUT2D eigenvalue weighted by Crippen LogP contribution is -2.50. The molecule has 128 valence electrons. The molecule has 1 aliphatic rings. The van der Waals surface area contributed by atoms with Crippen LogP contribution in [-0.4, -0.2) is 49.7 Å². The van der Waals surface area contributed by atoms with E-state index in [9.17, 15) is 13.2 Å². The van der Waals surface area contributed by atoms with Gasteiger partial charge >= 0.3 is 0 Å². The summed E-state index contributed by atoms with van der Waals surface area (Å²) in [6.07, 6.45) is 1.43. The number of hydrogen-bond donors (Lipinski definition) is 0. The summed E-state index contributed by atoms with van der Waals surface area (Å²) >= 11 is 11.8. The summed E-state index contributed by atoms with van der Waals surface area (Å²) < 4.78 is 31.8. The highest BCUT2D eigenvalue weighted by atomic mass is 35.5. The van der Waals surface area contributed by atoms with Crippen molar-refractivity contribution in [3.63, 3.8) is 0 Å². The van der Waals surface area contributed by atoms with E-state index in [4.69, 9.17) is 27.6 Å². The number of nitrogens with zero attached hydrogens (tertiary/aromatic N) is 2. The van der Waals surface area contributed by atoms with E-state index >= 15 is 0 Å². The number of benzene rings is 1. The predicted molar refractivity (Wildman–Crippen MR) is 89.8 cm³/mol. The van der Waals surface area contributed by atoms with Crippen LogP contribution in [0.1, 0.15) is 10.6 Å². The van der Waals surface area contributed by atoms with Crippen molar-refractivity contribution in [1.29, 1.82) is 0 Å². The smallest absolute Gasteiger partial charge is 0.289 e. The molecule has 0 aliphatic carbocycles. The van der Waals surface area contributed by atoms with Gasteiger partial charge in [-0.05, 0) is 30.3 Å². The second kappa shape index (κ2) is 6.76. The van der Waals surface area contributed by atoms with E-state index < -0.39 is 10.0 Å². The first kappa shape index (κ1) is 17.3. The van der Waals surface area contributed by atoms with E-state index in [2.05, 4.69) is 0 Å². The van der Waals surface area contributed by atoms with Gasteiger partial charge in [-0.2, -0.15) is 4.31 Å². The topological polar surface area (TPSA) is 70.8 Å². The van der Waals surface area contributed by atoms with Gasteiger partial charge in [0.2, 0.25) is 10.0 Å². The third kappa shape index (κ3) is 3.44. The van der Waals surface area contributed by atoms with Crippen LogP contribution in [0.5, 0.6) is 0 Å². The van der Waals surface area contributed by atoms with Crippen molar-refractivity contribution in [2.75, 3.05) is 26.2 Å². The van der Waals surface area contributed by atoms with E-state index in [-0.39, 0.29) is 52.8 Å². The molecule has 0 N–H and O–H groups in total. The first-order chi connectivity index (χ1) is 11.4. The molecule has 24 heavy (non-hydrogen) atoms. The summed E-state index contributed by atoms with van der Waals surface area (Å²) in [6.45, 7) is 0.956. The molecule has 0 atom stereocenters. The van der Waals surface area contributed by atoms with Crippen molar-refractivity contribution >= 4 is 39.1 Å². The lowest BCUT2D eigenvalue weighted by molar-refractivity contribution is 0.0666. The Hall–Kier alpha value is -1.54. The predicted octanol–water partition coefficient (Wildman–Crippen LogP) is 2.73. The Morgan fingerprint density at radius 2 is 1.67 bits per heavy atom. The molecule has 0 saturated carbocycles. The third-order valence-corrected chi connectivity index (χ3v) is 6.04. The molecule has 1 aliphatic heterocycles. The monoisotopic (exact) mass is 388 g/mol. The van der Waals surface area contributed by atoms with Crippen LogP contribution in [-0.2, 0) is 10.0 Å². The Balaban J connectivity index is 1.73. The molecule has 1 aromatic heterocycles. The van der Waals surface area contributed by atoms with E-state index in [0.29, 0.717) is 0 Å². The van der Waals surface area contributed by atoms with E-state index in [1.807, 2.05) is 0 Å². The Labute approximate surface area is 149 Å². The summed E-state index contributed by atoms with van der Waals surface area (Å²) in [7, 11) is -3.71. The van der Waals surface area contributed by atoms with Crippen LogP contribution in [0.2, 0.25) is 10.0 Å². The summed E-state index contributed by atoms with van der Waals surface area (Å²) in [6, 6.07) is 7.42. The van der Waals surface area contributed by atoms with Crippen molar-refractivity contribution < 1.29 is 17.6 Å². The zero-order valence-corrected chi connectivity index (χ0v) is 14.8. The second-order valence-corrected chi connectivity index (χ2v) is 8.09. The van der Waals surface area contributed by atoms with Gasteiger partial charge in [0, 0.05) is 36.2 Å². The van der Waals surface area contributed by atoms with Crippen LogP contribution in [0.15, 0.2) is 45.9 Å². The van der Waals surface area contributed by atoms with Crippen LogP contribution in [0, 0.1) is 0 Å². The molecule has 1 amide bonds. The van der Waals surface area contributed by atoms with E-state index in [0.717, 1.165) is 0 Å². The number of sulfonamides is 1. The Bertz CT molecular complexity index is 824. The van der Waals surface area contributed by atoms with Crippen LogP contribution < -0.4 is 0 Å². The molecule has 6 nitrogen and oxygen atoms in total. The van der Waals surface area contributed by atoms with E-state index in [1.54, 1.807) is 17.0 Å². The van der Waals surface area contributed by atoms with Crippen LogP contribution in [0.4, 0.5) is 0 Å². The minimum atomic E-state index is -3.71. The highest BCUT2D eigenvalue weighted by molar-refractivity contribution is 7.89. The van der Waals surface area contributed by atoms with Crippen molar-refractivity contribution in [3.8, 4) is 0 Å². The van der Waals surface area contributed by atoms with Gasteiger partial charge in [-0.1, -0.05) is 23.2 Å². The van der Waals surface area contributed by atoms with Crippen LogP contribution >= 0.6 is 23.2 Å². The highest BCUT2D eigenvalue weighted by Gasteiger charge is 2.31. The van der Waals surface area contributed by atoms with Gasteiger partial charge in [0.15, 0.2) is 5.76 Å². The number of carbonyl (C=O) groups excluding carboxylic acids is 1. The molecule has 1 saturated heterocycles. The maximum atomic E-state index is 12.7. The fourth-order valence-corrected chi connectivity index (χ4v) is 4.66. The summed E-state index contributed by atoms with van der Waals surface area (Å²) in [5, 5.41) is 0.514. The van der Waals surface area contributed by atoms with Gasteiger partial charge < -0.3 is 9.32 Å². The number of furan rings is 1. The summed E-state index contributed by atoms with van der Waals surface area (Å²) in [5.74, 6) is -0.00391. The van der Waals surface area contributed by atoms with Crippen LogP contribution in [0.25, 0.3) is 0 Å². The Morgan fingerprint density at radius 3 is 2.21 bits per heavy atom. The molecule has 0 radical (unpaired) electrons. The third-order valence-electron chi connectivity index (χ3n) is 3.73. The molecule has 0 bridgehead atoms. The van der Waals surface area contributed by atoms with Crippen molar-refractivity contribution in [2.24, 2.45) is 0 Å². The zero-order valence-electron chi connectivity index (χ0n) is 12.5. The summed E-state index contributed by atoms with van der Waals surface area (Å²) in [4.78, 5) is 13.8. The average molecular weight is 389 g/mol. The average Bonchev–Trinajstić information content (AvgIpc) is 3.08. The largest absolute Gasteiger partial charge is 0.459 e. The van der Waals surface area contributed by atoms with Gasteiger partial charge in [-0.15, -0.1) is 0 Å². The molecule has 1 fully saturated rings. The lowest BCUT2D eigenvalue weighted by Gasteiger charge is -2.33. The van der Waals surface area contributed by atoms with E-state index in [1.165, 1.54) is 28.8 Å². The molecule has 0 unspecified atom stereocenters. The summed E-state index contributed by atoms with van der Waals surface area (Å²) in [5.41, 5.74) is 0. The number of hydrogen-bond acceptors (Lipinski definition) is 4. The standard InChI is InChI=1S/C15H14Cl2N2O4S/c16-11-8-12(17)10-13(9-11)24(21,22)19-5-3-18(4-6-19)15(20)14-2-1-7-23-14/h1-2,7-10H,3-6H2. The minimum absolute atomic E-state index is 0.0470. The number of amides is 1. The molecule has 0 spiro atoms. The molecule has 9 heteroatoms. The zero-order chi connectivity index (χ0) is 17.3. The SMILES string of the molecule is O=C(c1ccco1)N1CCN(S(=O)(=O)c2cc(Cl)cc(Cl)c2)CC1. The maximum absolute atomic E-state index is 12.7. The molecular formula is C15H14Cl2N2O4S. The normalized spacial score (nSPS) is 16.3. The Kier molecular flexibility index (Phi) is 4.87. The van der Waals surface area contributed by atoms with Gasteiger partial charge in [-0.25, -0.2) is 8.42 Å². The molecule has 3 rings (SSSR count). The number of halogens is 2. The fourth-order valence-electron chi connectivity index (χ4n) is 2.51. The molecule has 1 aromatic carbocycles. The molecule has 2 aromatic rings. The molecule has 2 heterocycles. The number of rotatable bonds is 3. The fraction of sp³-hybridized carbons (Fsp3) is 0.267. The number of carbonyl (C=O) groups is 1. The van der Waals surface area contributed by atoms with Gasteiger partial charge in [-0.3, -0.25) is 4.79 Å².